The highest BCUT2D eigenvalue weighted by molar-refractivity contribution is 5.56. The number of hydrogen-bond donors (Lipinski definition) is 1. The van der Waals surface area contributed by atoms with Gasteiger partial charge in [0.25, 0.3) is 0 Å². The molecular formula is C8H6N2. The average molecular weight is 130 g/mol. The maximum Gasteiger partial charge on any atom is 0.123 e. The second-order valence-corrected chi connectivity index (χ2v) is 2.07. The van der Waals surface area contributed by atoms with Crippen LogP contribution < -0.4 is 5.32 Å². The number of fused-ring (bicyclic) bond motifs is 1. The minimum Gasteiger partial charge on any atom is -0.377 e. The predicted octanol–water partition coefficient (Wildman–Crippen LogP) is 1.04. The molecule has 1 aliphatic heterocycles. The Morgan fingerprint density at radius 2 is 2.50 bits per heavy atom. The summed E-state index contributed by atoms with van der Waals surface area (Å²) in [5.74, 6) is 0. The van der Waals surface area contributed by atoms with Crippen molar-refractivity contribution in [2.75, 3.05) is 0 Å². The molecule has 1 N–H and O–H groups in total. The molecule has 0 saturated heterocycles. The summed E-state index contributed by atoms with van der Waals surface area (Å²) < 4.78 is 0. The van der Waals surface area contributed by atoms with Gasteiger partial charge in [-0.1, -0.05) is 0 Å². The Morgan fingerprint density at radius 1 is 1.50 bits per heavy atom. The van der Waals surface area contributed by atoms with Gasteiger partial charge in [0.05, 0.1) is 0 Å². The molecule has 1 aromatic heterocycles. The van der Waals surface area contributed by atoms with Gasteiger partial charge >= 0.3 is 0 Å². The van der Waals surface area contributed by atoms with Crippen molar-refractivity contribution in [1.29, 1.82) is 0 Å². The van der Waals surface area contributed by atoms with Gasteiger partial charge in [-0.25, -0.2) is 0 Å². The zero-order valence-electron chi connectivity index (χ0n) is 5.33. The molecule has 2 nitrogen and oxygen atoms in total. The summed E-state index contributed by atoms with van der Waals surface area (Å²) in [7, 11) is 0. The first-order valence-corrected chi connectivity index (χ1v) is 3.09. The summed E-state index contributed by atoms with van der Waals surface area (Å²) >= 11 is 0. The number of pyridine rings is 1. The molecule has 0 saturated carbocycles. The van der Waals surface area contributed by atoms with E-state index in [1.807, 2.05) is 24.5 Å². The third-order valence-corrected chi connectivity index (χ3v) is 1.40. The van der Waals surface area contributed by atoms with Gasteiger partial charge in [0.2, 0.25) is 0 Å². The van der Waals surface area contributed by atoms with Gasteiger partial charge in [-0.3, -0.25) is 4.98 Å². The van der Waals surface area contributed by atoms with Crippen molar-refractivity contribution < 1.29 is 0 Å². The third-order valence-electron chi connectivity index (χ3n) is 1.40. The van der Waals surface area contributed by atoms with Crippen molar-refractivity contribution in [1.82, 2.24) is 10.3 Å². The number of aromatic nitrogens is 1. The lowest BCUT2D eigenvalue weighted by Crippen LogP contribution is -2.07. The van der Waals surface area contributed by atoms with Crippen LogP contribution in [0.25, 0.3) is 6.08 Å². The van der Waals surface area contributed by atoms with E-state index in [1.165, 1.54) is 0 Å². The fourth-order valence-electron chi connectivity index (χ4n) is 0.904. The summed E-state index contributed by atoms with van der Waals surface area (Å²) in [5.41, 5.74) is 2.18. The van der Waals surface area contributed by atoms with Crippen LogP contribution >= 0.6 is 0 Å². The van der Waals surface area contributed by atoms with E-state index in [9.17, 15) is 0 Å². The maximum atomic E-state index is 3.98. The summed E-state index contributed by atoms with van der Waals surface area (Å²) in [5, 5.41) is 2.88. The molecule has 1 aliphatic rings. The molecule has 48 valence electrons. The molecule has 1 aromatic rings. The van der Waals surface area contributed by atoms with Crippen LogP contribution in [0.5, 0.6) is 0 Å². The van der Waals surface area contributed by atoms with Crippen LogP contribution in [-0.4, -0.2) is 4.98 Å². The van der Waals surface area contributed by atoms with Gasteiger partial charge in [0.15, 0.2) is 0 Å². The lowest BCUT2D eigenvalue weighted by molar-refractivity contribution is 1.06. The SMILES string of the molecule is [C]1NC=Cc2cnccc21. The fourth-order valence-corrected chi connectivity index (χ4v) is 0.904. The van der Waals surface area contributed by atoms with E-state index in [0.717, 1.165) is 11.1 Å². The van der Waals surface area contributed by atoms with E-state index in [-0.39, 0.29) is 0 Å². The lowest BCUT2D eigenvalue weighted by Gasteiger charge is -2.07. The molecule has 2 heterocycles. The van der Waals surface area contributed by atoms with Crippen LogP contribution in [0.1, 0.15) is 11.1 Å². The van der Waals surface area contributed by atoms with Crippen molar-refractivity contribution in [3.05, 3.63) is 42.3 Å². The van der Waals surface area contributed by atoms with Crippen molar-refractivity contribution in [2.45, 2.75) is 0 Å². The van der Waals surface area contributed by atoms with Crippen LogP contribution in [0.3, 0.4) is 0 Å². The molecule has 2 heteroatoms. The summed E-state index contributed by atoms with van der Waals surface area (Å²) in [6, 6.07) is 1.92. The molecule has 0 bridgehead atoms. The molecule has 0 atom stereocenters. The molecule has 0 aliphatic carbocycles. The minimum absolute atomic E-state index is 1.07. The largest absolute Gasteiger partial charge is 0.377 e. The Balaban J connectivity index is 2.54. The summed E-state index contributed by atoms with van der Waals surface area (Å²) in [6.45, 7) is 2.99. The van der Waals surface area contributed by atoms with Crippen molar-refractivity contribution in [3.8, 4) is 0 Å². The fraction of sp³-hybridized carbons (Fsp3) is 0. The minimum atomic E-state index is 1.07. The Kier molecular flexibility index (Phi) is 1.17. The van der Waals surface area contributed by atoms with E-state index in [2.05, 4.69) is 16.8 Å². The number of hydrogen-bond acceptors (Lipinski definition) is 2. The maximum absolute atomic E-state index is 3.98. The van der Waals surface area contributed by atoms with Crippen molar-refractivity contribution >= 4 is 6.08 Å². The number of nitrogens with one attached hydrogen (secondary N) is 1. The van der Waals surface area contributed by atoms with Gasteiger partial charge in [0, 0.05) is 12.4 Å². The molecule has 2 radical (unpaired) electrons. The molecule has 0 amide bonds. The van der Waals surface area contributed by atoms with E-state index < -0.39 is 0 Å². The van der Waals surface area contributed by atoms with Gasteiger partial charge in [0.1, 0.15) is 6.54 Å². The Morgan fingerprint density at radius 3 is 3.40 bits per heavy atom. The van der Waals surface area contributed by atoms with Crippen LogP contribution in [-0.2, 0) is 0 Å². The van der Waals surface area contributed by atoms with E-state index in [0.29, 0.717) is 0 Å². The Labute approximate surface area is 59.6 Å². The molecule has 10 heavy (non-hydrogen) atoms. The second-order valence-electron chi connectivity index (χ2n) is 2.07. The van der Waals surface area contributed by atoms with Crippen molar-refractivity contribution in [2.24, 2.45) is 0 Å². The first-order valence-electron chi connectivity index (χ1n) is 3.09. The highest BCUT2D eigenvalue weighted by Gasteiger charge is 2.01. The highest BCUT2D eigenvalue weighted by Crippen LogP contribution is 2.12. The Hall–Kier alpha value is -1.31. The summed E-state index contributed by atoms with van der Waals surface area (Å²) in [6.07, 6.45) is 7.38. The third kappa shape index (κ3) is 0.778. The first kappa shape index (κ1) is 5.47. The van der Waals surface area contributed by atoms with Crippen LogP contribution in [0, 0.1) is 6.54 Å². The smallest absolute Gasteiger partial charge is 0.123 e. The topological polar surface area (TPSA) is 24.9 Å². The second kappa shape index (κ2) is 2.14. The summed E-state index contributed by atoms with van der Waals surface area (Å²) in [4.78, 5) is 3.98. The monoisotopic (exact) mass is 130 g/mol. The van der Waals surface area contributed by atoms with Gasteiger partial charge in [-0.15, -0.1) is 0 Å². The van der Waals surface area contributed by atoms with Crippen LogP contribution in [0.2, 0.25) is 0 Å². The zero-order valence-corrected chi connectivity index (χ0v) is 5.33. The molecule has 0 unspecified atom stereocenters. The number of nitrogens with zero attached hydrogens (tertiary/aromatic N) is 1. The normalized spacial score (nSPS) is 14.0. The van der Waals surface area contributed by atoms with Gasteiger partial charge < -0.3 is 5.32 Å². The standard InChI is InChI=1S/C8H6N2/c1-3-9-6-8-2-4-10-5-7(1)8/h1-5,9H. The lowest BCUT2D eigenvalue weighted by atomic mass is 10.1. The van der Waals surface area contributed by atoms with Crippen LogP contribution in [0.4, 0.5) is 0 Å². The number of rotatable bonds is 0. The van der Waals surface area contributed by atoms with Crippen molar-refractivity contribution in [3.63, 3.8) is 0 Å². The zero-order chi connectivity index (χ0) is 6.81. The first-order chi connectivity index (χ1) is 4.97. The van der Waals surface area contributed by atoms with Gasteiger partial charge in [-0.2, -0.15) is 0 Å². The van der Waals surface area contributed by atoms with E-state index in [4.69, 9.17) is 0 Å². The molecule has 2 rings (SSSR count). The van der Waals surface area contributed by atoms with Crippen LogP contribution in [0.15, 0.2) is 24.7 Å². The van der Waals surface area contributed by atoms with E-state index >= 15 is 0 Å². The van der Waals surface area contributed by atoms with E-state index in [1.54, 1.807) is 6.20 Å². The predicted molar refractivity (Wildman–Crippen MR) is 38.8 cm³/mol. The molecular weight excluding hydrogens is 124 g/mol. The molecule has 0 spiro atoms. The average Bonchev–Trinajstić information content (AvgIpc) is 2.05. The highest BCUT2D eigenvalue weighted by atomic mass is 14.8. The molecule has 0 aromatic carbocycles. The molecule has 0 fully saturated rings. The van der Waals surface area contributed by atoms with Gasteiger partial charge in [-0.05, 0) is 29.5 Å². The quantitative estimate of drug-likeness (QED) is 0.567. The Bertz CT molecular complexity index is 266.